The Morgan fingerprint density at radius 3 is 2.73 bits per heavy atom. The summed E-state index contributed by atoms with van der Waals surface area (Å²) < 4.78 is 1.93. The molecule has 6 heteroatoms. The summed E-state index contributed by atoms with van der Waals surface area (Å²) in [5, 5.41) is 8.03. The topological polar surface area (TPSA) is 53.4 Å². The smallest absolute Gasteiger partial charge is 0.222 e. The van der Waals surface area contributed by atoms with Gasteiger partial charge in [-0.25, -0.2) is 0 Å². The van der Waals surface area contributed by atoms with Gasteiger partial charge in [-0.2, -0.15) is 5.10 Å². The van der Waals surface area contributed by atoms with Crippen LogP contribution in [0.5, 0.6) is 0 Å². The number of carbonyl (C=O) groups excluding carboxylic acids is 1. The lowest BCUT2D eigenvalue weighted by atomic mass is 10.1. The highest BCUT2D eigenvalue weighted by Gasteiger charge is 2.21. The van der Waals surface area contributed by atoms with Crippen molar-refractivity contribution in [1.82, 2.24) is 20.0 Å². The Morgan fingerprint density at radius 2 is 2.14 bits per heavy atom. The maximum atomic E-state index is 11.7. The molecule has 0 radical (unpaired) electrons. The average Bonchev–Trinajstić information content (AvgIpc) is 2.94. The van der Waals surface area contributed by atoms with Gasteiger partial charge in [-0.05, 0) is 25.8 Å². The van der Waals surface area contributed by atoms with E-state index in [-0.39, 0.29) is 0 Å². The first-order valence-corrected chi connectivity index (χ1v) is 8.08. The van der Waals surface area contributed by atoms with E-state index in [1.807, 2.05) is 30.7 Å². The number of likely N-dealkylation sites (tertiary alicyclic amines) is 1. The van der Waals surface area contributed by atoms with Crippen molar-refractivity contribution < 1.29 is 4.79 Å². The third-order valence-corrected chi connectivity index (χ3v) is 4.23. The maximum absolute atomic E-state index is 11.7. The number of carbonyl (C=O) groups is 1. The number of aryl methyl sites for hydroxylation is 2. The first kappa shape index (κ1) is 16.8. The van der Waals surface area contributed by atoms with E-state index in [1.165, 1.54) is 5.56 Å². The second-order valence-corrected chi connectivity index (χ2v) is 6.58. The Bertz CT molecular complexity index is 523. The number of anilines is 1. The van der Waals surface area contributed by atoms with Crippen molar-refractivity contribution in [3.8, 4) is 0 Å². The van der Waals surface area contributed by atoms with E-state index < -0.39 is 0 Å². The van der Waals surface area contributed by atoms with E-state index in [4.69, 9.17) is 0 Å². The lowest BCUT2D eigenvalue weighted by Gasteiger charge is -2.21. The predicted octanol–water partition coefficient (Wildman–Crippen LogP) is 1.14. The van der Waals surface area contributed by atoms with Crippen molar-refractivity contribution in [3.63, 3.8) is 0 Å². The molecule has 1 aromatic heterocycles. The Morgan fingerprint density at radius 1 is 1.41 bits per heavy atom. The van der Waals surface area contributed by atoms with Gasteiger partial charge in [0.15, 0.2) is 0 Å². The van der Waals surface area contributed by atoms with E-state index in [9.17, 15) is 4.79 Å². The van der Waals surface area contributed by atoms with Crippen LogP contribution < -0.4 is 10.2 Å². The minimum Gasteiger partial charge on any atom is -0.363 e. The van der Waals surface area contributed by atoms with Gasteiger partial charge in [0.2, 0.25) is 5.91 Å². The van der Waals surface area contributed by atoms with Crippen molar-refractivity contribution in [3.05, 3.63) is 11.3 Å². The van der Waals surface area contributed by atoms with Crippen LogP contribution in [0, 0.1) is 12.8 Å². The van der Waals surface area contributed by atoms with Crippen LogP contribution >= 0.6 is 0 Å². The van der Waals surface area contributed by atoms with Crippen LogP contribution in [0.4, 0.5) is 5.82 Å². The van der Waals surface area contributed by atoms with Crippen molar-refractivity contribution in [2.24, 2.45) is 13.0 Å². The summed E-state index contributed by atoms with van der Waals surface area (Å²) in [6, 6.07) is 0. The van der Waals surface area contributed by atoms with Crippen molar-refractivity contribution in [2.45, 2.75) is 33.2 Å². The third kappa shape index (κ3) is 3.80. The van der Waals surface area contributed by atoms with E-state index in [0.29, 0.717) is 11.8 Å². The van der Waals surface area contributed by atoms with Gasteiger partial charge in [0.1, 0.15) is 5.82 Å². The Kier molecular flexibility index (Phi) is 5.45. The standard InChI is InChI=1S/C16H29N5O/c1-12(11-21-8-6-7-15(21)22)9-17-10-14-13(2)18-20(5)16(14)19(3)4/h12,17H,6-11H2,1-5H3. The molecule has 1 aliphatic rings. The molecule has 0 bridgehead atoms. The highest BCUT2D eigenvalue weighted by atomic mass is 16.2. The molecular weight excluding hydrogens is 278 g/mol. The van der Waals surface area contributed by atoms with Gasteiger partial charge < -0.3 is 15.1 Å². The lowest BCUT2D eigenvalue weighted by Crippen LogP contribution is -2.34. The molecule has 0 aliphatic carbocycles. The summed E-state index contributed by atoms with van der Waals surface area (Å²) >= 11 is 0. The van der Waals surface area contributed by atoms with Gasteiger partial charge >= 0.3 is 0 Å². The van der Waals surface area contributed by atoms with Gasteiger partial charge in [-0.3, -0.25) is 9.48 Å². The van der Waals surface area contributed by atoms with Crippen LogP contribution in [0.3, 0.4) is 0 Å². The fourth-order valence-corrected chi connectivity index (χ4v) is 3.24. The quantitative estimate of drug-likeness (QED) is 0.821. The normalized spacial score (nSPS) is 16.4. The van der Waals surface area contributed by atoms with Crippen molar-refractivity contribution >= 4 is 11.7 Å². The molecule has 1 unspecified atom stereocenters. The Balaban J connectivity index is 1.84. The molecular formula is C16H29N5O. The minimum atomic E-state index is 0.310. The number of hydrogen-bond acceptors (Lipinski definition) is 4. The summed E-state index contributed by atoms with van der Waals surface area (Å²) in [4.78, 5) is 15.8. The molecule has 1 fully saturated rings. The second-order valence-electron chi connectivity index (χ2n) is 6.58. The minimum absolute atomic E-state index is 0.310. The van der Waals surface area contributed by atoms with Crippen LogP contribution in [0.25, 0.3) is 0 Å². The Labute approximate surface area is 133 Å². The average molecular weight is 307 g/mol. The molecule has 1 N–H and O–H groups in total. The summed E-state index contributed by atoms with van der Waals surface area (Å²) in [7, 11) is 6.07. The van der Waals surface area contributed by atoms with Crippen LogP contribution in [-0.4, -0.2) is 54.3 Å². The van der Waals surface area contributed by atoms with E-state index in [0.717, 1.165) is 50.5 Å². The molecule has 1 saturated heterocycles. The zero-order valence-electron chi connectivity index (χ0n) is 14.5. The molecule has 1 atom stereocenters. The second kappa shape index (κ2) is 7.13. The molecule has 2 rings (SSSR count). The van der Waals surface area contributed by atoms with Gasteiger partial charge in [0.25, 0.3) is 0 Å². The first-order valence-electron chi connectivity index (χ1n) is 8.08. The van der Waals surface area contributed by atoms with Gasteiger partial charge in [0.05, 0.1) is 5.69 Å². The van der Waals surface area contributed by atoms with Crippen molar-refractivity contribution in [1.29, 1.82) is 0 Å². The van der Waals surface area contributed by atoms with E-state index >= 15 is 0 Å². The number of aromatic nitrogens is 2. The lowest BCUT2D eigenvalue weighted by molar-refractivity contribution is -0.128. The highest BCUT2D eigenvalue weighted by Crippen LogP contribution is 2.21. The van der Waals surface area contributed by atoms with Crippen LogP contribution in [0.2, 0.25) is 0 Å². The van der Waals surface area contributed by atoms with Gasteiger partial charge in [0, 0.05) is 52.8 Å². The number of rotatable bonds is 7. The van der Waals surface area contributed by atoms with Crippen LogP contribution in [0.15, 0.2) is 0 Å². The number of amides is 1. The number of nitrogens with one attached hydrogen (secondary N) is 1. The Hall–Kier alpha value is -1.56. The molecule has 0 aromatic carbocycles. The van der Waals surface area contributed by atoms with Crippen LogP contribution in [0.1, 0.15) is 31.0 Å². The molecule has 2 heterocycles. The summed E-state index contributed by atoms with van der Waals surface area (Å²) in [6.07, 6.45) is 1.74. The molecule has 124 valence electrons. The largest absolute Gasteiger partial charge is 0.363 e. The predicted molar refractivity (Wildman–Crippen MR) is 89.0 cm³/mol. The van der Waals surface area contributed by atoms with E-state index in [2.05, 4.69) is 29.2 Å². The van der Waals surface area contributed by atoms with E-state index in [1.54, 1.807) is 0 Å². The zero-order chi connectivity index (χ0) is 16.3. The summed E-state index contributed by atoms with van der Waals surface area (Å²) in [5.41, 5.74) is 2.32. The number of nitrogens with zero attached hydrogens (tertiary/aromatic N) is 4. The maximum Gasteiger partial charge on any atom is 0.222 e. The molecule has 0 saturated carbocycles. The molecule has 1 aromatic rings. The SMILES string of the molecule is Cc1nn(C)c(N(C)C)c1CNCC(C)CN1CCCC1=O. The zero-order valence-corrected chi connectivity index (χ0v) is 14.5. The third-order valence-electron chi connectivity index (χ3n) is 4.23. The fraction of sp³-hybridized carbons (Fsp3) is 0.750. The molecule has 1 aliphatic heterocycles. The first-order chi connectivity index (χ1) is 10.4. The molecule has 22 heavy (non-hydrogen) atoms. The van der Waals surface area contributed by atoms with Crippen LogP contribution in [-0.2, 0) is 18.4 Å². The monoisotopic (exact) mass is 307 g/mol. The van der Waals surface area contributed by atoms with Crippen molar-refractivity contribution in [2.75, 3.05) is 38.6 Å². The number of hydrogen-bond donors (Lipinski definition) is 1. The molecule has 1 amide bonds. The molecule has 0 spiro atoms. The van der Waals surface area contributed by atoms with Gasteiger partial charge in [-0.1, -0.05) is 6.92 Å². The summed E-state index contributed by atoms with van der Waals surface area (Å²) in [5.74, 6) is 1.92. The van der Waals surface area contributed by atoms with Gasteiger partial charge in [-0.15, -0.1) is 0 Å². The summed E-state index contributed by atoms with van der Waals surface area (Å²) in [6.45, 7) is 7.75. The fourth-order valence-electron chi connectivity index (χ4n) is 3.24. The highest BCUT2D eigenvalue weighted by molar-refractivity contribution is 5.78. The molecule has 6 nitrogen and oxygen atoms in total.